The van der Waals surface area contributed by atoms with Gasteiger partial charge in [0, 0.05) is 18.1 Å². The van der Waals surface area contributed by atoms with E-state index in [1.54, 1.807) is 6.20 Å². The lowest BCUT2D eigenvalue weighted by molar-refractivity contribution is 0.338. The van der Waals surface area contributed by atoms with E-state index in [1.165, 1.54) is 15.8 Å². The molecule has 1 heterocycles. The molecule has 6 heteroatoms. The average molecular weight is 366 g/mol. The molecule has 2 aromatic rings. The Labute approximate surface area is 152 Å². The molecule has 1 aromatic carbocycles. The van der Waals surface area contributed by atoms with E-state index in [0.29, 0.717) is 5.69 Å². The Kier molecular flexibility index (Phi) is 6.35. The minimum Gasteiger partial charge on any atom is -0.382 e. The Hall–Kier alpha value is -1.46. The van der Waals surface area contributed by atoms with Gasteiger partial charge in [0.1, 0.15) is 5.02 Å². The number of aryl methyl sites for hydroxylation is 1. The molecule has 0 saturated carbocycles. The largest absolute Gasteiger partial charge is 0.382 e. The van der Waals surface area contributed by atoms with Crippen molar-refractivity contribution >= 4 is 29.1 Å². The van der Waals surface area contributed by atoms with Gasteiger partial charge in [0.05, 0.1) is 17.4 Å². The maximum Gasteiger partial charge on any atom is 0.288 e. The summed E-state index contributed by atoms with van der Waals surface area (Å²) in [6.45, 7) is 8.59. The number of aromatic nitrogens is 2. The van der Waals surface area contributed by atoms with Gasteiger partial charge in [-0.2, -0.15) is 16.9 Å². The van der Waals surface area contributed by atoms with Crippen molar-refractivity contribution in [1.29, 1.82) is 0 Å². The monoisotopic (exact) mass is 365 g/mol. The third kappa shape index (κ3) is 5.02. The number of rotatable bonds is 6. The molecule has 0 amide bonds. The highest BCUT2D eigenvalue weighted by atomic mass is 35.5. The first-order valence-corrected chi connectivity index (χ1v) is 9.48. The fourth-order valence-electron chi connectivity index (χ4n) is 2.17. The van der Waals surface area contributed by atoms with Crippen molar-refractivity contribution in [1.82, 2.24) is 9.78 Å². The van der Waals surface area contributed by atoms with Gasteiger partial charge >= 0.3 is 0 Å². The minimum atomic E-state index is -0.386. The second-order valence-electron chi connectivity index (χ2n) is 6.72. The molecule has 4 nitrogen and oxygen atoms in total. The lowest BCUT2D eigenvalue weighted by Gasteiger charge is -2.21. The van der Waals surface area contributed by atoms with Crippen molar-refractivity contribution in [3.05, 3.63) is 57.0 Å². The molecule has 0 aliphatic heterocycles. The minimum absolute atomic E-state index is 0.198. The van der Waals surface area contributed by atoms with E-state index in [0.717, 1.165) is 18.1 Å². The first-order chi connectivity index (χ1) is 11.3. The van der Waals surface area contributed by atoms with Crippen molar-refractivity contribution < 1.29 is 0 Å². The molecule has 130 valence electrons. The number of hydrogen-bond donors (Lipinski definition) is 1. The predicted octanol–water partition coefficient (Wildman–Crippen LogP) is 4.31. The van der Waals surface area contributed by atoms with Gasteiger partial charge in [0.25, 0.3) is 5.56 Å². The smallest absolute Gasteiger partial charge is 0.288 e. The van der Waals surface area contributed by atoms with Crippen LogP contribution in [-0.4, -0.2) is 22.1 Å². The summed E-state index contributed by atoms with van der Waals surface area (Å²) >= 11 is 8.02. The molecule has 1 aromatic heterocycles. The molecule has 0 spiro atoms. The summed E-state index contributed by atoms with van der Waals surface area (Å²) in [5.74, 6) is 1.89. The molecule has 0 saturated heterocycles. The van der Waals surface area contributed by atoms with Crippen LogP contribution in [0.15, 0.2) is 35.3 Å². The van der Waals surface area contributed by atoms with Gasteiger partial charge in [0.15, 0.2) is 0 Å². The highest BCUT2D eigenvalue weighted by Crippen LogP contribution is 2.19. The Morgan fingerprint density at radius 1 is 1.25 bits per heavy atom. The van der Waals surface area contributed by atoms with Gasteiger partial charge in [-0.05, 0) is 33.3 Å². The summed E-state index contributed by atoms with van der Waals surface area (Å²) in [6, 6.07) is 8.57. The van der Waals surface area contributed by atoms with Crippen LogP contribution in [0.25, 0.3) is 0 Å². The summed E-state index contributed by atoms with van der Waals surface area (Å²) in [7, 11) is 0. The Balaban J connectivity index is 1.85. The number of anilines is 1. The standard InChI is InChI=1S/C18H24ClN3OS/c1-13-5-7-14(8-6-13)12-24-10-9-20-15-11-21-22(18(2,3)4)17(23)16(15)19/h5-8,11,20H,9-10,12H2,1-4H3. The molecule has 0 unspecified atom stereocenters. The Morgan fingerprint density at radius 3 is 2.54 bits per heavy atom. The second kappa shape index (κ2) is 8.08. The maximum absolute atomic E-state index is 12.3. The van der Waals surface area contributed by atoms with Crippen molar-refractivity contribution in [2.45, 2.75) is 39.0 Å². The van der Waals surface area contributed by atoms with Crippen molar-refractivity contribution in [3.63, 3.8) is 0 Å². The predicted molar refractivity (Wildman–Crippen MR) is 104 cm³/mol. The Bertz CT molecular complexity index is 735. The number of benzene rings is 1. The van der Waals surface area contributed by atoms with Gasteiger partial charge in [0.2, 0.25) is 0 Å². The zero-order valence-corrected chi connectivity index (χ0v) is 16.2. The zero-order chi connectivity index (χ0) is 17.7. The van der Waals surface area contributed by atoms with Crippen LogP contribution in [0.2, 0.25) is 5.02 Å². The van der Waals surface area contributed by atoms with Crippen molar-refractivity contribution in [2.75, 3.05) is 17.6 Å². The second-order valence-corrected chi connectivity index (χ2v) is 8.21. The number of hydrogen-bond acceptors (Lipinski definition) is 4. The first kappa shape index (κ1) is 18.9. The molecule has 0 aliphatic carbocycles. The summed E-state index contributed by atoms with van der Waals surface area (Å²) in [5, 5.41) is 7.61. The van der Waals surface area contributed by atoms with Crippen molar-refractivity contribution in [3.8, 4) is 0 Å². The van der Waals surface area contributed by atoms with Gasteiger partial charge in [-0.1, -0.05) is 41.4 Å². The van der Waals surface area contributed by atoms with Crippen LogP contribution in [0.5, 0.6) is 0 Å². The van der Waals surface area contributed by atoms with E-state index in [1.807, 2.05) is 32.5 Å². The number of thioether (sulfide) groups is 1. The average Bonchev–Trinajstić information content (AvgIpc) is 2.51. The molecule has 0 fully saturated rings. The van der Waals surface area contributed by atoms with Crippen molar-refractivity contribution in [2.24, 2.45) is 0 Å². The fourth-order valence-corrected chi connectivity index (χ4v) is 3.18. The topological polar surface area (TPSA) is 46.9 Å². The van der Waals surface area contributed by atoms with Crippen LogP contribution < -0.4 is 10.9 Å². The summed E-state index contributed by atoms with van der Waals surface area (Å²) < 4.78 is 1.41. The first-order valence-electron chi connectivity index (χ1n) is 7.94. The zero-order valence-electron chi connectivity index (χ0n) is 14.6. The van der Waals surface area contributed by atoms with E-state index in [2.05, 4.69) is 41.6 Å². The lowest BCUT2D eigenvalue weighted by atomic mass is 10.1. The number of nitrogens with one attached hydrogen (secondary N) is 1. The van der Waals surface area contributed by atoms with E-state index >= 15 is 0 Å². The van der Waals surface area contributed by atoms with Crippen LogP contribution in [-0.2, 0) is 11.3 Å². The molecule has 1 N–H and O–H groups in total. The van der Waals surface area contributed by atoms with E-state index in [9.17, 15) is 4.79 Å². The maximum atomic E-state index is 12.3. The van der Waals surface area contributed by atoms with Gasteiger partial charge in [-0.3, -0.25) is 4.79 Å². The van der Waals surface area contributed by atoms with Crippen LogP contribution in [0.3, 0.4) is 0 Å². The third-order valence-corrected chi connectivity index (χ3v) is 4.90. The SMILES string of the molecule is Cc1ccc(CSCCNc2cnn(C(C)(C)C)c(=O)c2Cl)cc1. The Morgan fingerprint density at radius 2 is 1.92 bits per heavy atom. The van der Waals surface area contributed by atoms with E-state index in [4.69, 9.17) is 11.6 Å². The molecule has 0 atom stereocenters. The van der Waals surface area contributed by atoms with Gasteiger partial charge in [-0.25, -0.2) is 4.68 Å². The van der Waals surface area contributed by atoms with Crippen LogP contribution in [0.4, 0.5) is 5.69 Å². The van der Waals surface area contributed by atoms with E-state index in [-0.39, 0.29) is 16.1 Å². The van der Waals surface area contributed by atoms with Crippen LogP contribution in [0.1, 0.15) is 31.9 Å². The normalized spacial score (nSPS) is 11.5. The van der Waals surface area contributed by atoms with Gasteiger partial charge < -0.3 is 5.32 Å². The van der Waals surface area contributed by atoms with Gasteiger partial charge in [-0.15, -0.1) is 0 Å². The quantitative estimate of drug-likeness (QED) is 0.775. The van der Waals surface area contributed by atoms with Crippen LogP contribution in [0, 0.1) is 6.92 Å². The third-order valence-electron chi connectivity index (χ3n) is 3.51. The molecule has 2 rings (SSSR count). The number of halogens is 1. The van der Waals surface area contributed by atoms with E-state index < -0.39 is 0 Å². The lowest BCUT2D eigenvalue weighted by Crippen LogP contribution is -2.36. The number of nitrogens with zero attached hydrogens (tertiary/aromatic N) is 2. The molecule has 0 aliphatic rings. The molecule has 0 radical (unpaired) electrons. The summed E-state index contributed by atoms with van der Waals surface area (Å²) in [4.78, 5) is 12.3. The fraction of sp³-hybridized carbons (Fsp3) is 0.444. The highest BCUT2D eigenvalue weighted by molar-refractivity contribution is 7.98. The summed E-state index contributed by atoms with van der Waals surface area (Å²) in [6.07, 6.45) is 1.62. The van der Waals surface area contributed by atoms with Crippen LogP contribution >= 0.6 is 23.4 Å². The molecule has 0 bridgehead atoms. The molecular formula is C18H24ClN3OS. The molecular weight excluding hydrogens is 342 g/mol. The highest BCUT2D eigenvalue weighted by Gasteiger charge is 2.19. The summed E-state index contributed by atoms with van der Waals surface area (Å²) in [5.41, 5.74) is 2.54. The molecule has 24 heavy (non-hydrogen) atoms.